The smallest absolute Gasteiger partial charge is 0.304 e. The first kappa shape index (κ1) is 35.6. The Morgan fingerprint density at radius 3 is 2.36 bits per heavy atom. The van der Waals surface area contributed by atoms with Crippen molar-refractivity contribution in [3.63, 3.8) is 0 Å². The Labute approximate surface area is 257 Å². The van der Waals surface area contributed by atoms with E-state index in [0.717, 1.165) is 34.3 Å². The lowest BCUT2D eigenvalue weighted by molar-refractivity contribution is -0.164. The number of H-pyrrole nitrogens is 1. The summed E-state index contributed by atoms with van der Waals surface area (Å²) in [5.41, 5.74) is 10.4. The molecule has 1 aromatic heterocycles. The van der Waals surface area contributed by atoms with E-state index >= 15 is 0 Å². The van der Waals surface area contributed by atoms with Gasteiger partial charge in [-0.05, 0) is 12.1 Å². The fourth-order valence-corrected chi connectivity index (χ4v) is 6.46. The summed E-state index contributed by atoms with van der Waals surface area (Å²) in [6.07, 6.45) is -5.43. The molecule has 0 aliphatic carbocycles. The summed E-state index contributed by atoms with van der Waals surface area (Å²) in [7, 11) is 0. The summed E-state index contributed by atoms with van der Waals surface area (Å²) < 4.78 is 46.4. The molecule has 1 saturated heterocycles. The molecule has 1 aliphatic rings. The summed E-state index contributed by atoms with van der Waals surface area (Å²) in [4.78, 5) is 13.6. The standard InChI is InChI=1S/C25H35F3N6O8S2/c1-9(20(21(38)16(37)6-35)34(31)5-14(30)15-8-43-25(41)33-15)44-24-23(40)19(22(39)17(7-36)42-24)32-4-13(29)10-2-11(26)18(28)12(27)3-10/h2-5,8-9,16-17,19-24,32,35-40H,6-7,29-31H2,1H3,(H,33,41)/b13-4-,14-5-. The minimum absolute atomic E-state index is 0.00529. The fraction of sp³-hybridized carbons (Fsp3) is 0.480. The number of thiazole rings is 1. The van der Waals surface area contributed by atoms with Gasteiger partial charge >= 0.3 is 4.87 Å². The Morgan fingerprint density at radius 1 is 1.18 bits per heavy atom. The molecule has 0 bridgehead atoms. The number of rotatable bonds is 13. The van der Waals surface area contributed by atoms with Gasteiger partial charge in [-0.3, -0.25) is 4.79 Å². The summed E-state index contributed by atoms with van der Waals surface area (Å²) in [5, 5.41) is 66.4. The van der Waals surface area contributed by atoms with E-state index in [1.165, 1.54) is 11.6 Å². The molecule has 14 nitrogen and oxygen atoms in total. The Kier molecular flexibility index (Phi) is 12.5. The first-order valence-electron chi connectivity index (χ1n) is 13.0. The molecule has 0 spiro atoms. The van der Waals surface area contributed by atoms with Gasteiger partial charge in [-0.15, -0.1) is 11.8 Å². The van der Waals surface area contributed by atoms with Crippen molar-refractivity contribution in [2.75, 3.05) is 13.2 Å². The number of aliphatic hydroxyl groups is 6. The van der Waals surface area contributed by atoms with Gasteiger partial charge in [0.1, 0.15) is 36.0 Å². The number of thioether (sulfide) groups is 1. The van der Waals surface area contributed by atoms with Crippen LogP contribution < -0.4 is 27.5 Å². The highest BCUT2D eigenvalue weighted by Crippen LogP contribution is 2.34. The second-order valence-corrected chi connectivity index (χ2v) is 12.2. The quantitative estimate of drug-likeness (QED) is 0.0618. The van der Waals surface area contributed by atoms with Gasteiger partial charge in [-0.2, -0.15) is 0 Å². The lowest BCUT2D eigenvalue weighted by Crippen LogP contribution is -2.63. The van der Waals surface area contributed by atoms with E-state index < -0.39 is 84.0 Å². The minimum Gasteiger partial charge on any atom is -0.397 e. The van der Waals surface area contributed by atoms with Crippen molar-refractivity contribution in [1.82, 2.24) is 15.3 Å². The van der Waals surface area contributed by atoms with E-state index in [0.29, 0.717) is 12.1 Å². The number of aliphatic hydroxyl groups excluding tert-OH is 6. The van der Waals surface area contributed by atoms with Gasteiger partial charge in [0.2, 0.25) is 0 Å². The maximum atomic E-state index is 13.7. The average molecular weight is 669 g/mol. The van der Waals surface area contributed by atoms with E-state index in [9.17, 15) is 48.6 Å². The van der Waals surface area contributed by atoms with Crippen LogP contribution in [0.25, 0.3) is 11.4 Å². The topological polar surface area (TPSA) is 257 Å². The van der Waals surface area contributed by atoms with Crippen LogP contribution in [0.2, 0.25) is 0 Å². The predicted octanol–water partition coefficient (Wildman–Crippen LogP) is -2.15. The lowest BCUT2D eigenvalue weighted by Gasteiger charge is -2.44. The van der Waals surface area contributed by atoms with Crippen molar-refractivity contribution >= 4 is 34.5 Å². The van der Waals surface area contributed by atoms with Crippen LogP contribution in [0.4, 0.5) is 13.2 Å². The number of benzene rings is 1. The van der Waals surface area contributed by atoms with Crippen LogP contribution in [-0.2, 0) is 4.74 Å². The van der Waals surface area contributed by atoms with Gasteiger partial charge in [-0.25, -0.2) is 19.0 Å². The Morgan fingerprint density at radius 2 is 1.82 bits per heavy atom. The van der Waals surface area contributed by atoms with E-state index in [4.69, 9.17) is 22.0 Å². The van der Waals surface area contributed by atoms with Crippen LogP contribution >= 0.6 is 23.1 Å². The summed E-state index contributed by atoms with van der Waals surface area (Å²) in [6, 6.07) is -1.17. The highest BCUT2D eigenvalue weighted by Gasteiger charge is 2.46. The molecule has 44 heavy (non-hydrogen) atoms. The third kappa shape index (κ3) is 8.24. The van der Waals surface area contributed by atoms with Crippen molar-refractivity contribution < 1.29 is 48.5 Å². The molecular formula is C25H35F3N6O8S2. The molecular weight excluding hydrogens is 633 g/mol. The number of nitrogens with zero attached hydrogens (tertiary/aromatic N) is 1. The fourth-order valence-electron chi connectivity index (χ4n) is 4.45. The summed E-state index contributed by atoms with van der Waals surface area (Å²) >= 11 is 1.73. The van der Waals surface area contributed by atoms with Crippen LogP contribution in [0, 0.1) is 17.5 Å². The molecule has 3 rings (SSSR count). The van der Waals surface area contributed by atoms with Crippen molar-refractivity contribution in [2.24, 2.45) is 17.3 Å². The minimum atomic E-state index is -1.69. The van der Waals surface area contributed by atoms with Crippen molar-refractivity contribution in [3.05, 3.63) is 68.3 Å². The van der Waals surface area contributed by atoms with Gasteiger partial charge in [0.05, 0.1) is 42.4 Å². The largest absolute Gasteiger partial charge is 0.397 e. The van der Waals surface area contributed by atoms with Crippen LogP contribution in [-0.4, -0.2) is 107 Å². The van der Waals surface area contributed by atoms with Crippen LogP contribution in [0.1, 0.15) is 18.2 Å². The van der Waals surface area contributed by atoms with Crippen molar-refractivity contribution in [3.8, 4) is 0 Å². The number of halogens is 3. The molecule has 0 amide bonds. The number of aromatic amines is 1. The van der Waals surface area contributed by atoms with Crippen LogP contribution in [0.5, 0.6) is 0 Å². The molecule has 2 aromatic rings. The number of hydrazine groups is 1. The monoisotopic (exact) mass is 668 g/mol. The first-order chi connectivity index (χ1) is 20.7. The number of nitrogens with one attached hydrogen (secondary N) is 2. The molecule has 2 heterocycles. The predicted molar refractivity (Wildman–Crippen MR) is 156 cm³/mol. The Balaban J connectivity index is 1.85. The van der Waals surface area contributed by atoms with E-state index in [-0.39, 0.29) is 27.5 Å². The zero-order valence-corrected chi connectivity index (χ0v) is 24.8. The van der Waals surface area contributed by atoms with Crippen LogP contribution in [0.3, 0.4) is 0 Å². The number of hydrogen-bond acceptors (Lipinski definition) is 15. The molecule has 9 atom stereocenters. The van der Waals surface area contributed by atoms with Gasteiger partial charge < -0.3 is 62.2 Å². The summed E-state index contributed by atoms with van der Waals surface area (Å²) in [6.45, 7) is 0.0242. The molecule has 1 aliphatic heterocycles. The van der Waals surface area contributed by atoms with Gasteiger partial charge in [0.15, 0.2) is 17.5 Å². The molecule has 246 valence electrons. The zero-order valence-electron chi connectivity index (χ0n) is 23.1. The van der Waals surface area contributed by atoms with Crippen LogP contribution in [0.15, 0.2) is 34.7 Å². The molecule has 19 heteroatoms. The highest BCUT2D eigenvalue weighted by atomic mass is 32.2. The molecule has 1 fully saturated rings. The Bertz CT molecular complexity index is 1360. The highest BCUT2D eigenvalue weighted by molar-refractivity contribution is 8.00. The number of hydrogen-bond donors (Lipinski definition) is 11. The summed E-state index contributed by atoms with van der Waals surface area (Å²) in [5.74, 6) is 1.55. The third-order valence-corrected chi connectivity index (χ3v) is 8.89. The first-order valence-corrected chi connectivity index (χ1v) is 14.8. The number of ether oxygens (including phenoxy) is 1. The van der Waals surface area contributed by atoms with Gasteiger partial charge in [-0.1, -0.05) is 18.3 Å². The molecule has 0 saturated carbocycles. The number of nitrogens with two attached hydrogens (primary N) is 3. The second-order valence-electron chi connectivity index (χ2n) is 9.92. The second kappa shape index (κ2) is 15.4. The SMILES string of the molecule is CC(SC1OC(CO)C(O)C(N/C=C(\N)c2cc(F)c(F)c(F)c2)C1O)C(C(O)C(O)CO)N(N)/C=C(\N)c1csc(=O)[nH]1. The normalized spacial score (nSPS) is 25.8. The van der Waals surface area contributed by atoms with E-state index in [1.807, 2.05) is 0 Å². The van der Waals surface area contributed by atoms with Crippen molar-refractivity contribution in [2.45, 2.75) is 60.2 Å². The average Bonchev–Trinajstić information content (AvgIpc) is 3.42. The lowest BCUT2D eigenvalue weighted by atomic mass is 9.97. The van der Waals surface area contributed by atoms with Gasteiger partial charge in [0.25, 0.3) is 0 Å². The molecule has 0 radical (unpaired) electrons. The van der Waals surface area contributed by atoms with Gasteiger partial charge in [0, 0.05) is 28.6 Å². The third-order valence-electron chi connectivity index (χ3n) is 6.86. The van der Waals surface area contributed by atoms with E-state index in [1.54, 1.807) is 6.92 Å². The maximum absolute atomic E-state index is 13.7. The zero-order chi connectivity index (χ0) is 32.9. The Hall–Kier alpha value is -2.85. The molecule has 1 aromatic carbocycles. The maximum Gasteiger partial charge on any atom is 0.304 e. The van der Waals surface area contributed by atoms with Crippen molar-refractivity contribution in [1.29, 1.82) is 0 Å². The molecule has 9 unspecified atom stereocenters. The molecule has 14 N–H and O–H groups in total. The van der Waals surface area contributed by atoms with E-state index in [2.05, 4.69) is 10.3 Å². The number of aromatic nitrogens is 1.